The van der Waals surface area contributed by atoms with Gasteiger partial charge < -0.3 is 0 Å². The van der Waals surface area contributed by atoms with Gasteiger partial charge in [0.05, 0.1) is 0 Å². The summed E-state index contributed by atoms with van der Waals surface area (Å²) in [5.41, 5.74) is 3.57. The molecule has 0 saturated heterocycles. The zero-order valence-electron chi connectivity index (χ0n) is 7.56. The highest BCUT2D eigenvalue weighted by atomic mass is 79.9. The van der Waals surface area contributed by atoms with Crippen LogP contribution in [-0.2, 0) is 12.8 Å². The minimum atomic E-state index is 0.149. The van der Waals surface area contributed by atoms with Crippen molar-refractivity contribution < 1.29 is 4.79 Å². The number of hydrogen-bond acceptors (Lipinski definition) is 1. The van der Waals surface area contributed by atoms with Gasteiger partial charge in [0.25, 0.3) is 0 Å². The van der Waals surface area contributed by atoms with E-state index in [9.17, 15) is 4.79 Å². The molecule has 0 bridgehead atoms. The van der Waals surface area contributed by atoms with Crippen LogP contribution in [-0.4, -0.2) is 5.78 Å². The Bertz CT molecular complexity index is 369. The number of fused-ring (bicyclic) bond motifs is 1. The maximum absolute atomic E-state index is 11.2. The van der Waals surface area contributed by atoms with Crippen LogP contribution in [0.15, 0.2) is 16.6 Å². The van der Waals surface area contributed by atoms with Crippen molar-refractivity contribution in [1.82, 2.24) is 0 Å². The van der Waals surface area contributed by atoms with Crippen molar-refractivity contribution in [2.45, 2.75) is 26.2 Å². The van der Waals surface area contributed by atoms with E-state index in [0.29, 0.717) is 0 Å². The number of benzene rings is 1. The average molecular weight is 239 g/mol. The molecule has 0 fully saturated rings. The van der Waals surface area contributed by atoms with Crippen LogP contribution < -0.4 is 0 Å². The van der Waals surface area contributed by atoms with Crippen LogP contribution in [0.25, 0.3) is 0 Å². The minimum absolute atomic E-state index is 0.149. The highest BCUT2D eigenvalue weighted by molar-refractivity contribution is 9.10. The van der Waals surface area contributed by atoms with Crippen LogP contribution in [0.3, 0.4) is 0 Å². The quantitative estimate of drug-likeness (QED) is 0.688. The standard InChI is InChI=1S/C11H11BrO/c1-7(13)9-5-8-3-2-4-10(8)11(12)6-9/h5-6H,2-4H2,1H3. The van der Waals surface area contributed by atoms with Crippen molar-refractivity contribution in [2.75, 3.05) is 0 Å². The highest BCUT2D eigenvalue weighted by Crippen LogP contribution is 2.30. The van der Waals surface area contributed by atoms with Gasteiger partial charge in [0.15, 0.2) is 5.78 Å². The lowest BCUT2D eigenvalue weighted by atomic mass is 10.0. The Morgan fingerprint density at radius 1 is 1.38 bits per heavy atom. The van der Waals surface area contributed by atoms with Crippen LogP contribution in [0.5, 0.6) is 0 Å². The minimum Gasteiger partial charge on any atom is -0.295 e. The molecule has 2 heteroatoms. The van der Waals surface area contributed by atoms with Gasteiger partial charge in [-0.05, 0) is 49.4 Å². The monoisotopic (exact) mass is 238 g/mol. The predicted molar refractivity (Wildman–Crippen MR) is 56.2 cm³/mol. The molecule has 1 aliphatic carbocycles. The molecule has 0 unspecified atom stereocenters. The molecule has 0 radical (unpaired) electrons. The Morgan fingerprint density at radius 3 is 2.85 bits per heavy atom. The Balaban J connectivity index is 2.55. The third-order valence-corrected chi connectivity index (χ3v) is 3.27. The topological polar surface area (TPSA) is 17.1 Å². The Kier molecular flexibility index (Phi) is 2.24. The normalized spacial score (nSPS) is 14.3. The zero-order valence-corrected chi connectivity index (χ0v) is 9.15. The van der Waals surface area contributed by atoms with E-state index in [1.165, 1.54) is 17.5 Å². The molecule has 0 heterocycles. The van der Waals surface area contributed by atoms with Gasteiger partial charge in [-0.25, -0.2) is 0 Å². The summed E-state index contributed by atoms with van der Waals surface area (Å²) < 4.78 is 1.10. The van der Waals surface area contributed by atoms with Crippen LogP contribution in [0.1, 0.15) is 34.8 Å². The Hall–Kier alpha value is -0.630. The smallest absolute Gasteiger partial charge is 0.159 e. The Morgan fingerprint density at radius 2 is 2.15 bits per heavy atom. The number of aryl methyl sites for hydroxylation is 1. The van der Waals surface area contributed by atoms with E-state index in [1.807, 2.05) is 12.1 Å². The first-order valence-corrected chi connectivity index (χ1v) is 5.30. The SMILES string of the molecule is CC(=O)c1cc(Br)c2c(c1)CCC2. The number of carbonyl (C=O) groups is 1. The predicted octanol–water partition coefficient (Wildman–Crippen LogP) is 3.14. The molecular weight excluding hydrogens is 228 g/mol. The first-order valence-electron chi connectivity index (χ1n) is 4.50. The molecule has 0 spiro atoms. The summed E-state index contributed by atoms with van der Waals surface area (Å²) in [6.07, 6.45) is 3.48. The number of rotatable bonds is 1. The molecule has 68 valence electrons. The van der Waals surface area contributed by atoms with Crippen molar-refractivity contribution >= 4 is 21.7 Å². The number of ketones is 1. The summed E-state index contributed by atoms with van der Waals surface area (Å²) in [5, 5.41) is 0. The second-order valence-electron chi connectivity index (χ2n) is 3.51. The molecule has 0 aliphatic heterocycles. The third kappa shape index (κ3) is 1.55. The molecule has 0 atom stereocenters. The van der Waals surface area contributed by atoms with Crippen molar-refractivity contribution in [3.05, 3.63) is 33.3 Å². The van der Waals surface area contributed by atoms with Crippen LogP contribution in [0.4, 0.5) is 0 Å². The van der Waals surface area contributed by atoms with Gasteiger partial charge in [-0.1, -0.05) is 15.9 Å². The van der Waals surface area contributed by atoms with Crippen LogP contribution >= 0.6 is 15.9 Å². The largest absolute Gasteiger partial charge is 0.295 e. The summed E-state index contributed by atoms with van der Waals surface area (Å²) in [7, 11) is 0. The lowest BCUT2D eigenvalue weighted by Gasteiger charge is -2.04. The first-order chi connectivity index (χ1) is 6.18. The lowest BCUT2D eigenvalue weighted by Crippen LogP contribution is -1.95. The van der Waals surface area contributed by atoms with Gasteiger partial charge in [-0.15, -0.1) is 0 Å². The first kappa shape index (κ1) is 8.95. The van der Waals surface area contributed by atoms with Crippen LogP contribution in [0.2, 0.25) is 0 Å². The van der Waals surface area contributed by atoms with E-state index in [2.05, 4.69) is 15.9 Å². The molecule has 1 nitrogen and oxygen atoms in total. The van der Waals surface area contributed by atoms with Crippen molar-refractivity contribution in [1.29, 1.82) is 0 Å². The van der Waals surface area contributed by atoms with Crippen LogP contribution in [0, 0.1) is 0 Å². The van der Waals surface area contributed by atoms with Gasteiger partial charge in [-0.3, -0.25) is 4.79 Å². The molecule has 0 aromatic heterocycles. The number of halogens is 1. The fraction of sp³-hybridized carbons (Fsp3) is 0.364. The molecule has 0 saturated carbocycles. The second-order valence-corrected chi connectivity index (χ2v) is 4.36. The molecular formula is C11H11BrO. The van der Waals surface area contributed by atoms with E-state index >= 15 is 0 Å². The Labute approximate surface area is 86.3 Å². The van der Waals surface area contributed by atoms with E-state index in [4.69, 9.17) is 0 Å². The average Bonchev–Trinajstić information content (AvgIpc) is 2.51. The molecule has 2 rings (SSSR count). The summed E-state index contributed by atoms with van der Waals surface area (Å²) >= 11 is 3.51. The van der Waals surface area contributed by atoms with Crippen molar-refractivity contribution in [3.8, 4) is 0 Å². The molecule has 1 aromatic rings. The van der Waals surface area contributed by atoms with E-state index in [1.54, 1.807) is 6.92 Å². The fourth-order valence-electron chi connectivity index (χ4n) is 1.86. The maximum atomic E-state index is 11.2. The van der Waals surface area contributed by atoms with Gasteiger partial charge in [0, 0.05) is 10.0 Å². The summed E-state index contributed by atoms with van der Waals surface area (Å²) in [5.74, 6) is 0.149. The van der Waals surface area contributed by atoms with Crippen molar-refractivity contribution in [3.63, 3.8) is 0 Å². The molecule has 0 N–H and O–H groups in total. The number of hydrogen-bond donors (Lipinski definition) is 0. The van der Waals surface area contributed by atoms with E-state index in [-0.39, 0.29) is 5.78 Å². The summed E-state index contributed by atoms with van der Waals surface area (Å²) in [4.78, 5) is 11.2. The fourth-order valence-corrected chi connectivity index (χ4v) is 2.55. The third-order valence-electron chi connectivity index (χ3n) is 2.57. The molecule has 1 aromatic carbocycles. The van der Waals surface area contributed by atoms with Gasteiger partial charge in [0.2, 0.25) is 0 Å². The maximum Gasteiger partial charge on any atom is 0.159 e. The van der Waals surface area contributed by atoms with Crippen molar-refractivity contribution in [2.24, 2.45) is 0 Å². The lowest BCUT2D eigenvalue weighted by molar-refractivity contribution is 0.101. The molecule has 0 amide bonds. The second kappa shape index (κ2) is 3.26. The van der Waals surface area contributed by atoms with E-state index in [0.717, 1.165) is 22.9 Å². The van der Waals surface area contributed by atoms with Gasteiger partial charge in [-0.2, -0.15) is 0 Å². The summed E-state index contributed by atoms with van der Waals surface area (Å²) in [6, 6.07) is 3.97. The number of carbonyl (C=O) groups excluding carboxylic acids is 1. The van der Waals surface area contributed by atoms with E-state index < -0.39 is 0 Å². The number of Topliss-reactive ketones (excluding diaryl/α,β-unsaturated/α-hetero) is 1. The highest BCUT2D eigenvalue weighted by Gasteiger charge is 2.15. The van der Waals surface area contributed by atoms with Gasteiger partial charge in [0.1, 0.15) is 0 Å². The molecule has 1 aliphatic rings. The summed E-state index contributed by atoms with van der Waals surface area (Å²) in [6.45, 7) is 1.61. The van der Waals surface area contributed by atoms with Gasteiger partial charge >= 0.3 is 0 Å². The zero-order chi connectivity index (χ0) is 9.42. The molecule has 13 heavy (non-hydrogen) atoms.